The van der Waals surface area contributed by atoms with Crippen LogP contribution in [0.2, 0.25) is 0 Å². The van der Waals surface area contributed by atoms with Crippen molar-refractivity contribution in [1.29, 1.82) is 0 Å². The van der Waals surface area contributed by atoms with Gasteiger partial charge in [0, 0.05) is 25.6 Å². The maximum atomic E-state index is 13.7. The number of methoxy groups -OCH3 is 1. The Balaban J connectivity index is 1.62. The molecule has 3 N–H and O–H groups in total. The van der Waals surface area contributed by atoms with Crippen molar-refractivity contribution in [3.05, 3.63) is 77.4 Å². The van der Waals surface area contributed by atoms with Gasteiger partial charge in [-0.05, 0) is 48.1 Å². The van der Waals surface area contributed by atoms with Gasteiger partial charge in [-0.15, -0.1) is 0 Å². The van der Waals surface area contributed by atoms with Crippen LogP contribution >= 0.6 is 0 Å². The van der Waals surface area contributed by atoms with E-state index >= 15 is 0 Å². The number of hydrogen-bond donors (Lipinski definition) is 3. The predicted molar refractivity (Wildman–Crippen MR) is 160 cm³/mol. The molecular weight excluding hydrogens is 599 g/mol. The molecule has 4 rings (SSSR count). The molecule has 9 nitrogen and oxygen atoms in total. The van der Waals surface area contributed by atoms with E-state index in [0.717, 1.165) is 30.2 Å². The van der Waals surface area contributed by atoms with E-state index in [1.807, 2.05) is 48.5 Å². The van der Waals surface area contributed by atoms with Gasteiger partial charge >= 0.3 is 6.18 Å². The topological polar surface area (TPSA) is 117 Å². The standard InChI is InChI=1S/C31H40F3N3O6S/c1-37(44(40,41)15-13-31(32,33)34)28-10-6-7-14-43-20-22-17-26(25-18-23(42-2)11-12-24(22)25)35-19-29(38)27(36-30(28)39)16-21-8-4-3-5-9-21/h3-9,11-12,18,22,26-29,35,38H,10,13-17,19-20H2,1-2H3,(H,36,39)/b7-6+/t22-,26+,27+,28+,29-/m1/s1. The van der Waals surface area contributed by atoms with E-state index in [0.29, 0.717) is 16.7 Å². The van der Waals surface area contributed by atoms with Crippen LogP contribution in [0.15, 0.2) is 60.7 Å². The Morgan fingerprint density at radius 2 is 1.86 bits per heavy atom. The number of nitrogens with zero attached hydrogens (tertiary/aromatic N) is 1. The fourth-order valence-corrected chi connectivity index (χ4v) is 7.00. The van der Waals surface area contributed by atoms with E-state index in [2.05, 4.69) is 10.6 Å². The van der Waals surface area contributed by atoms with Gasteiger partial charge in [0.25, 0.3) is 0 Å². The lowest BCUT2D eigenvalue weighted by atomic mass is 9.99. The summed E-state index contributed by atoms with van der Waals surface area (Å²) < 4.78 is 76.4. The highest BCUT2D eigenvalue weighted by molar-refractivity contribution is 7.89. The second kappa shape index (κ2) is 14.9. The summed E-state index contributed by atoms with van der Waals surface area (Å²) >= 11 is 0. The molecule has 1 aliphatic heterocycles. The van der Waals surface area contributed by atoms with E-state index in [9.17, 15) is 31.5 Å². The third-order valence-electron chi connectivity index (χ3n) is 8.18. The van der Waals surface area contributed by atoms with E-state index in [1.165, 1.54) is 0 Å². The third-order valence-corrected chi connectivity index (χ3v) is 10.0. The Kier molecular flexibility index (Phi) is 11.5. The first kappa shape index (κ1) is 33.9. The Morgan fingerprint density at radius 1 is 1.11 bits per heavy atom. The number of nitrogens with one attached hydrogen (secondary N) is 2. The highest BCUT2D eigenvalue weighted by Crippen LogP contribution is 2.42. The fourth-order valence-electron chi connectivity index (χ4n) is 5.65. The number of rotatable bonds is 7. The van der Waals surface area contributed by atoms with Gasteiger partial charge in [-0.3, -0.25) is 4.79 Å². The molecule has 1 heterocycles. The second-order valence-electron chi connectivity index (χ2n) is 11.2. The highest BCUT2D eigenvalue weighted by atomic mass is 32.2. The Bertz CT molecular complexity index is 1390. The molecule has 0 saturated heterocycles. The van der Waals surface area contributed by atoms with Gasteiger partial charge in [0.05, 0.1) is 44.6 Å². The van der Waals surface area contributed by atoms with Crippen LogP contribution in [-0.4, -0.2) is 87.8 Å². The number of β-amino-alcohol motifs (C(OH)–C–C–N with tert-alkyl or cyclic N) is 1. The van der Waals surface area contributed by atoms with E-state index in [-0.39, 0.29) is 38.0 Å². The number of carbonyl (C=O) groups excluding carboxylic acids is 1. The molecule has 0 fully saturated rings. The highest BCUT2D eigenvalue weighted by Gasteiger charge is 2.37. The number of aliphatic hydroxyl groups is 1. The number of amides is 1. The minimum Gasteiger partial charge on any atom is -0.497 e. The molecule has 1 amide bonds. The number of fused-ring (bicyclic) bond motifs is 5. The average molecular weight is 640 g/mol. The summed E-state index contributed by atoms with van der Waals surface area (Å²) in [5.41, 5.74) is 2.99. The number of likely N-dealkylation sites (N-methyl/N-ethyl adjacent to an activating group) is 1. The van der Waals surface area contributed by atoms with Crippen LogP contribution in [0.1, 0.15) is 47.9 Å². The molecule has 2 aromatic rings. The molecule has 0 unspecified atom stereocenters. The largest absolute Gasteiger partial charge is 0.497 e. The lowest BCUT2D eigenvalue weighted by molar-refractivity contribution is -0.130. The van der Waals surface area contributed by atoms with E-state index in [1.54, 1.807) is 19.3 Å². The molecule has 0 aromatic heterocycles. The number of sulfonamides is 1. The van der Waals surface area contributed by atoms with Crippen LogP contribution in [0, 0.1) is 0 Å². The zero-order chi connectivity index (χ0) is 31.9. The predicted octanol–water partition coefficient (Wildman–Crippen LogP) is 3.46. The molecule has 0 saturated carbocycles. The van der Waals surface area contributed by atoms with E-state index in [4.69, 9.17) is 9.47 Å². The van der Waals surface area contributed by atoms with Crippen molar-refractivity contribution in [2.75, 3.05) is 39.7 Å². The maximum absolute atomic E-state index is 13.7. The number of ether oxygens (including phenoxy) is 2. The molecule has 44 heavy (non-hydrogen) atoms. The summed E-state index contributed by atoms with van der Waals surface area (Å²) in [6.07, 6.45) is -3.15. The summed E-state index contributed by atoms with van der Waals surface area (Å²) in [7, 11) is -1.74. The number of hydrogen-bond acceptors (Lipinski definition) is 7. The van der Waals surface area contributed by atoms with Crippen molar-refractivity contribution < 1.29 is 41.0 Å². The van der Waals surface area contributed by atoms with E-state index < -0.39 is 52.5 Å². The van der Waals surface area contributed by atoms with Crippen molar-refractivity contribution in [2.45, 2.75) is 62.0 Å². The zero-order valence-corrected chi connectivity index (χ0v) is 25.6. The Labute approximate surface area is 256 Å². The molecule has 0 spiro atoms. The maximum Gasteiger partial charge on any atom is 0.390 e. The SMILES string of the molecule is COc1ccc2c(c1)[C@@H]1C[C@@H]2COC/C=C/C[C@H](N(C)S(=O)(=O)CCC(F)(F)F)C(=O)N[C@@H](Cc2ccccc2)[C@H](O)CN1. The molecular formula is C31H40F3N3O6S. The monoisotopic (exact) mass is 639 g/mol. The molecule has 5 atom stereocenters. The first-order valence-corrected chi connectivity index (χ1v) is 16.2. The lowest BCUT2D eigenvalue weighted by Crippen LogP contribution is -2.55. The van der Waals surface area contributed by atoms with Gasteiger partial charge in [-0.25, -0.2) is 8.42 Å². The Hall–Kier alpha value is -2.97. The molecule has 1 aliphatic carbocycles. The third kappa shape index (κ3) is 9.04. The van der Waals surface area contributed by atoms with Gasteiger partial charge < -0.3 is 25.2 Å². The summed E-state index contributed by atoms with van der Waals surface area (Å²) in [6.45, 7) is 0.724. The van der Waals surface area contributed by atoms with Gasteiger partial charge in [0.1, 0.15) is 11.8 Å². The number of aliphatic hydroxyl groups excluding tert-OH is 1. The van der Waals surface area contributed by atoms with Gasteiger partial charge in [0.2, 0.25) is 15.9 Å². The summed E-state index contributed by atoms with van der Waals surface area (Å²) in [5.74, 6) is -1.11. The quantitative estimate of drug-likeness (QED) is 0.398. The van der Waals surface area contributed by atoms with Crippen LogP contribution in [0.4, 0.5) is 13.2 Å². The van der Waals surface area contributed by atoms with Crippen LogP contribution < -0.4 is 15.4 Å². The number of halogens is 3. The zero-order valence-electron chi connectivity index (χ0n) is 24.8. The molecule has 2 aliphatic rings. The molecule has 0 radical (unpaired) electrons. The number of benzene rings is 2. The smallest absolute Gasteiger partial charge is 0.390 e. The van der Waals surface area contributed by atoms with Crippen molar-refractivity contribution in [2.24, 2.45) is 0 Å². The summed E-state index contributed by atoms with van der Waals surface area (Å²) in [5, 5.41) is 17.6. The van der Waals surface area contributed by atoms with Crippen molar-refractivity contribution in [3.63, 3.8) is 0 Å². The van der Waals surface area contributed by atoms with Crippen molar-refractivity contribution >= 4 is 15.9 Å². The molecule has 13 heteroatoms. The minimum atomic E-state index is -4.67. The second-order valence-corrected chi connectivity index (χ2v) is 13.4. The van der Waals surface area contributed by atoms with Crippen molar-refractivity contribution in [3.8, 4) is 5.75 Å². The van der Waals surface area contributed by atoms with Gasteiger partial charge in [-0.2, -0.15) is 17.5 Å². The fraction of sp³-hybridized carbons (Fsp3) is 0.516. The van der Waals surface area contributed by atoms with Gasteiger partial charge in [0.15, 0.2) is 0 Å². The first-order chi connectivity index (χ1) is 20.9. The Morgan fingerprint density at radius 3 is 2.57 bits per heavy atom. The summed E-state index contributed by atoms with van der Waals surface area (Å²) in [6, 6.07) is 12.8. The molecule has 2 aromatic carbocycles. The minimum absolute atomic E-state index is 0.0873. The summed E-state index contributed by atoms with van der Waals surface area (Å²) in [4.78, 5) is 13.7. The van der Waals surface area contributed by atoms with Crippen LogP contribution in [0.3, 0.4) is 0 Å². The first-order valence-electron chi connectivity index (χ1n) is 14.6. The average Bonchev–Trinajstić information content (AvgIpc) is 3.34. The lowest BCUT2D eigenvalue weighted by Gasteiger charge is -2.31. The van der Waals surface area contributed by atoms with Crippen molar-refractivity contribution in [1.82, 2.24) is 14.9 Å². The molecule has 242 valence electrons. The molecule has 2 bridgehead atoms. The van der Waals surface area contributed by atoms with Crippen LogP contribution in [0.25, 0.3) is 0 Å². The normalized spacial score (nSPS) is 26.2. The van der Waals surface area contributed by atoms with Gasteiger partial charge in [-0.1, -0.05) is 48.6 Å². The number of alkyl halides is 3. The van der Waals surface area contributed by atoms with Crippen LogP contribution in [-0.2, 0) is 26.0 Å². The number of carbonyl (C=O) groups is 1. The van der Waals surface area contributed by atoms with Crippen LogP contribution in [0.5, 0.6) is 5.75 Å².